The highest BCUT2D eigenvalue weighted by molar-refractivity contribution is 9.10. The zero-order chi connectivity index (χ0) is 19.7. The molecule has 28 heavy (non-hydrogen) atoms. The number of fused-ring (bicyclic) bond motifs is 1. The lowest BCUT2D eigenvalue weighted by Crippen LogP contribution is -2.08. The third-order valence-electron chi connectivity index (χ3n) is 4.50. The van der Waals surface area contributed by atoms with Gasteiger partial charge in [-0.1, -0.05) is 57.9 Å². The number of benzene rings is 3. The quantitative estimate of drug-likeness (QED) is 0.233. The standard InChI is InChI=1S/C23H15BrClNOS/c1-28-23-21(22(27)15-7-9-16(24)10-8-15)20(14-5-3-2-4-6-14)18-13-17(25)11-12-19(18)26-23/h2-13H,1H3. The maximum Gasteiger partial charge on any atom is 0.196 e. The molecule has 4 rings (SSSR count). The molecule has 1 aromatic heterocycles. The van der Waals surface area contributed by atoms with Gasteiger partial charge in [0.2, 0.25) is 0 Å². The second kappa shape index (κ2) is 8.08. The summed E-state index contributed by atoms with van der Waals surface area (Å²) in [7, 11) is 0. The van der Waals surface area contributed by atoms with E-state index in [-0.39, 0.29) is 5.78 Å². The number of carbonyl (C=O) groups is 1. The van der Waals surface area contributed by atoms with Crippen molar-refractivity contribution in [2.24, 2.45) is 0 Å². The second-order valence-corrected chi connectivity index (χ2v) is 8.38. The fraction of sp³-hybridized carbons (Fsp3) is 0.0435. The Bertz CT molecular complexity index is 1180. The minimum atomic E-state index is -0.0509. The van der Waals surface area contributed by atoms with Gasteiger partial charge in [0.15, 0.2) is 5.78 Å². The highest BCUT2D eigenvalue weighted by atomic mass is 79.9. The normalized spacial score (nSPS) is 11.0. The molecule has 0 amide bonds. The van der Waals surface area contributed by atoms with Crippen LogP contribution in [0.1, 0.15) is 15.9 Å². The van der Waals surface area contributed by atoms with E-state index in [1.54, 1.807) is 0 Å². The van der Waals surface area contributed by atoms with Crippen LogP contribution in [0.2, 0.25) is 5.02 Å². The molecule has 0 atom stereocenters. The minimum absolute atomic E-state index is 0.0509. The first-order chi connectivity index (χ1) is 13.6. The number of hydrogen-bond acceptors (Lipinski definition) is 3. The first kappa shape index (κ1) is 19.2. The first-order valence-corrected chi connectivity index (χ1v) is 11.0. The van der Waals surface area contributed by atoms with E-state index >= 15 is 0 Å². The van der Waals surface area contributed by atoms with Crippen LogP contribution < -0.4 is 0 Å². The average molecular weight is 469 g/mol. The third kappa shape index (κ3) is 3.60. The Balaban J connectivity index is 2.08. The van der Waals surface area contributed by atoms with Gasteiger partial charge in [0.1, 0.15) is 5.03 Å². The zero-order valence-corrected chi connectivity index (χ0v) is 18.1. The van der Waals surface area contributed by atoms with Crippen LogP contribution in [-0.4, -0.2) is 17.0 Å². The topological polar surface area (TPSA) is 30.0 Å². The number of aromatic nitrogens is 1. The van der Waals surface area contributed by atoms with Gasteiger partial charge in [-0.3, -0.25) is 4.79 Å². The lowest BCUT2D eigenvalue weighted by atomic mass is 9.92. The van der Waals surface area contributed by atoms with Gasteiger partial charge in [-0.25, -0.2) is 4.98 Å². The third-order valence-corrected chi connectivity index (χ3v) is 5.95. The van der Waals surface area contributed by atoms with Crippen LogP contribution in [0.15, 0.2) is 82.3 Å². The Morgan fingerprint density at radius 2 is 1.71 bits per heavy atom. The number of ketones is 1. The molecule has 0 saturated carbocycles. The summed E-state index contributed by atoms with van der Waals surface area (Å²) < 4.78 is 0.931. The van der Waals surface area contributed by atoms with Crippen LogP contribution in [0.4, 0.5) is 0 Å². The number of hydrogen-bond donors (Lipinski definition) is 0. The molecule has 1 heterocycles. The Hall–Kier alpha value is -2.14. The van der Waals surface area contributed by atoms with E-state index in [0.29, 0.717) is 21.2 Å². The summed E-state index contributed by atoms with van der Waals surface area (Å²) in [5.74, 6) is -0.0509. The van der Waals surface area contributed by atoms with Gasteiger partial charge in [-0.15, -0.1) is 11.8 Å². The van der Waals surface area contributed by atoms with Gasteiger partial charge in [0.05, 0.1) is 11.1 Å². The summed E-state index contributed by atoms with van der Waals surface area (Å²) in [4.78, 5) is 18.3. The molecule has 0 aliphatic carbocycles. The van der Waals surface area contributed by atoms with Crippen LogP contribution in [0.3, 0.4) is 0 Å². The van der Waals surface area contributed by atoms with E-state index in [9.17, 15) is 4.79 Å². The fourth-order valence-corrected chi connectivity index (χ4v) is 4.25. The summed E-state index contributed by atoms with van der Waals surface area (Å²) in [5, 5.41) is 2.20. The Morgan fingerprint density at radius 3 is 2.39 bits per heavy atom. The number of pyridine rings is 1. The van der Waals surface area contributed by atoms with Crippen molar-refractivity contribution in [1.82, 2.24) is 4.98 Å². The molecule has 0 radical (unpaired) electrons. The van der Waals surface area contributed by atoms with Crippen molar-refractivity contribution in [2.45, 2.75) is 5.03 Å². The Kier molecular flexibility index (Phi) is 5.54. The molecule has 0 aliphatic rings. The molecule has 0 fully saturated rings. The van der Waals surface area contributed by atoms with Crippen LogP contribution in [0.5, 0.6) is 0 Å². The molecule has 0 saturated heterocycles. The number of carbonyl (C=O) groups excluding carboxylic acids is 1. The van der Waals surface area contributed by atoms with Crippen molar-refractivity contribution in [3.63, 3.8) is 0 Å². The molecule has 0 spiro atoms. The van der Waals surface area contributed by atoms with Gasteiger partial charge in [-0.05, 0) is 54.3 Å². The number of rotatable bonds is 4. The molecular weight excluding hydrogens is 454 g/mol. The molecule has 0 N–H and O–H groups in total. The average Bonchev–Trinajstić information content (AvgIpc) is 2.73. The van der Waals surface area contributed by atoms with Gasteiger partial charge in [0, 0.05) is 26.0 Å². The zero-order valence-electron chi connectivity index (χ0n) is 14.9. The Morgan fingerprint density at radius 1 is 1.00 bits per heavy atom. The smallest absolute Gasteiger partial charge is 0.196 e. The number of nitrogens with zero attached hydrogens (tertiary/aromatic N) is 1. The fourth-order valence-electron chi connectivity index (χ4n) is 3.22. The van der Waals surface area contributed by atoms with Crippen LogP contribution in [0.25, 0.3) is 22.0 Å². The van der Waals surface area contributed by atoms with Gasteiger partial charge < -0.3 is 0 Å². The molecule has 3 aromatic carbocycles. The summed E-state index contributed by atoms with van der Waals surface area (Å²) in [5.41, 5.74) is 3.88. The first-order valence-electron chi connectivity index (χ1n) is 8.61. The van der Waals surface area contributed by atoms with Crippen molar-refractivity contribution in [1.29, 1.82) is 0 Å². The van der Waals surface area contributed by atoms with E-state index in [1.807, 2.05) is 79.1 Å². The highest BCUT2D eigenvalue weighted by Crippen LogP contribution is 2.38. The van der Waals surface area contributed by atoms with Crippen molar-refractivity contribution >= 4 is 56.0 Å². The number of thioether (sulfide) groups is 1. The minimum Gasteiger partial charge on any atom is -0.288 e. The molecular formula is C23H15BrClNOS. The Labute approximate surface area is 181 Å². The monoisotopic (exact) mass is 467 g/mol. The van der Waals surface area contributed by atoms with Crippen LogP contribution in [-0.2, 0) is 0 Å². The van der Waals surface area contributed by atoms with Gasteiger partial charge in [-0.2, -0.15) is 0 Å². The maximum atomic E-state index is 13.6. The highest BCUT2D eigenvalue weighted by Gasteiger charge is 2.23. The molecule has 138 valence electrons. The SMILES string of the molecule is CSc1nc2ccc(Cl)cc2c(-c2ccccc2)c1C(=O)c1ccc(Br)cc1. The van der Waals surface area contributed by atoms with Crippen molar-refractivity contribution < 1.29 is 4.79 Å². The van der Waals surface area contributed by atoms with E-state index < -0.39 is 0 Å². The largest absolute Gasteiger partial charge is 0.288 e. The molecule has 5 heteroatoms. The van der Waals surface area contributed by atoms with Crippen LogP contribution >= 0.6 is 39.3 Å². The predicted octanol–water partition coefficient (Wildman–Crippen LogP) is 7.27. The lowest BCUT2D eigenvalue weighted by molar-refractivity contribution is 0.103. The summed E-state index contributed by atoms with van der Waals surface area (Å²) in [6.07, 6.45) is 1.94. The van der Waals surface area contributed by atoms with Crippen LogP contribution in [0, 0.1) is 0 Å². The summed E-state index contributed by atoms with van der Waals surface area (Å²) >= 11 is 11.2. The van der Waals surface area contributed by atoms with E-state index in [1.165, 1.54) is 11.8 Å². The van der Waals surface area contributed by atoms with Gasteiger partial charge in [0.25, 0.3) is 0 Å². The molecule has 0 unspecified atom stereocenters. The van der Waals surface area contributed by atoms with Crippen molar-refractivity contribution in [3.05, 3.63) is 93.4 Å². The molecule has 4 aromatic rings. The van der Waals surface area contributed by atoms with Gasteiger partial charge >= 0.3 is 0 Å². The predicted molar refractivity (Wildman–Crippen MR) is 122 cm³/mol. The second-order valence-electron chi connectivity index (χ2n) is 6.23. The van der Waals surface area contributed by atoms with E-state index in [4.69, 9.17) is 16.6 Å². The molecule has 0 aliphatic heterocycles. The maximum absolute atomic E-state index is 13.6. The molecule has 2 nitrogen and oxygen atoms in total. The molecule has 0 bridgehead atoms. The van der Waals surface area contributed by atoms with Crippen molar-refractivity contribution in [2.75, 3.05) is 6.26 Å². The van der Waals surface area contributed by atoms with E-state index in [2.05, 4.69) is 15.9 Å². The summed E-state index contributed by atoms with van der Waals surface area (Å²) in [6, 6.07) is 22.9. The lowest BCUT2D eigenvalue weighted by Gasteiger charge is -2.16. The summed E-state index contributed by atoms with van der Waals surface area (Å²) in [6.45, 7) is 0. The van der Waals surface area contributed by atoms with E-state index in [0.717, 1.165) is 26.5 Å². The number of halogens is 2. The van der Waals surface area contributed by atoms with Crippen molar-refractivity contribution in [3.8, 4) is 11.1 Å².